The predicted octanol–water partition coefficient (Wildman–Crippen LogP) is 3.98. The van der Waals surface area contributed by atoms with Crippen molar-refractivity contribution in [3.05, 3.63) is 39.3 Å². The second-order valence-electron chi connectivity index (χ2n) is 3.34. The fraction of sp³-hybridized carbons (Fsp3) is 0.182. The maximum Gasteiger partial charge on any atom is 0.0897 e. The molecule has 5 heteroatoms. The van der Waals surface area contributed by atoms with Crippen molar-refractivity contribution >= 4 is 40.4 Å². The molecule has 0 spiro atoms. The van der Waals surface area contributed by atoms with Crippen LogP contribution >= 0.6 is 34.7 Å². The molecule has 1 aromatic carbocycles. The molecule has 0 unspecified atom stereocenters. The number of nitrogens with zero attached hydrogens (tertiary/aromatic N) is 1. The molecule has 0 aliphatic rings. The standard InChI is InChI=1S/C11H11ClN2S2/c1-7-14-9(5-15-7)6-16-11-3-2-8(13)4-10(11)12/h2-5H,6,13H2,1H3. The molecule has 0 amide bonds. The summed E-state index contributed by atoms with van der Waals surface area (Å²) in [6.07, 6.45) is 0. The van der Waals surface area contributed by atoms with Gasteiger partial charge in [-0.05, 0) is 25.1 Å². The highest BCUT2D eigenvalue weighted by molar-refractivity contribution is 7.98. The van der Waals surface area contributed by atoms with Crippen molar-refractivity contribution < 1.29 is 0 Å². The van der Waals surface area contributed by atoms with Crippen LogP contribution in [0.5, 0.6) is 0 Å². The van der Waals surface area contributed by atoms with Crippen LogP contribution in [-0.4, -0.2) is 4.98 Å². The number of aromatic nitrogens is 1. The molecule has 2 rings (SSSR count). The van der Waals surface area contributed by atoms with Crippen LogP contribution in [0.2, 0.25) is 5.02 Å². The summed E-state index contributed by atoms with van der Waals surface area (Å²) < 4.78 is 0. The van der Waals surface area contributed by atoms with Gasteiger partial charge in [0.15, 0.2) is 0 Å². The number of halogens is 1. The summed E-state index contributed by atoms with van der Waals surface area (Å²) in [5, 5.41) is 3.88. The minimum absolute atomic E-state index is 0.693. The first-order chi connectivity index (χ1) is 7.65. The Balaban J connectivity index is 2.04. The Morgan fingerprint density at radius 1 is 1.50 bits per heavy atom. The molecule has 0 bridgehead atoms. The summed E-state index contributed by atoms with van der Waals surface area (Å²) in [5.74, 6) is 0.841. The summed E-state index contributed by atoms with van der Waals surface area (Å²) in [4.78, 5) is 5.45. The minimum Gasteiger partial charge on any atom is -0.399 e. The lowest BCUT2D eigenvalue weighted by atomic mass is 10.3. The number of anilines is 1. The smallest absolute Gasteiger partial charge is 0.0897 e. The summed E-state index contributed by atoms with van der Waals surface area (Å²) in [6, 6.07) is 5.58. The minimum atomic E-state index is 0.693. The number of nitrogen functional groups attached to an aromatic ring is 1. The molecular weight excluding hydrogens is 260 g/mol. The fourth-order valence-electron chi connectivity index (χ4n) is 1.26. The lowest BCUT2D eigenvalue weighted by Crippen LogP contribution is -1.86. The van der Waals surface area contributed by atoms with Gasteiger partial charge in [-0.2, -0.15) is 0 Å². The van der Waals surface area contributed by atoms with Gasteiger partial charge in [-0.25, -0.2) is 4.98 Å². The van der Waals surface area contributed by atoms with E-state index in [1.54, 1.807) is 29.2 Å². The van der Waals surface area contributed by atoms with Crippen molar-refractivity contribution in [3.8, 4) is 0 Å². The van der Waals surface area contributed by atoms with Gasteiger partial charge in [-0.1, -0.05) is 11.6 Å². The van der Waals surface area contributed by atoms with E-state index in [-0.39, 0.29) is 0 Å². The Hall–Kier alpha value is -0.710. The van der Waals surface area contributed by atoms with Crippen LogP contribution in [-0.2, 0) is 5.75 Å². The third-order valence-corrected chi connectivity index (χ3v) is 4.35. The molecule has 0 aliphatic carbocycles. The van der Waals surface area contributed by atoms with Crippen molar-refractivity contribution in [1.82, 2.24) is 4.98 Å². The number of nitrogens with two attached hydrogens (primary N) is 1. The van der Waals surface area contributed by atoms with Crippen molar-refractivity contribution in [2.45, 2.75) is 17.6 Å². The van der Waals surface area contributed by atoms with Crippen molar-refractivity contribution in [3.63, 3.8) is 0 Å². The van der Waals surface area contributed by atoms with E-state index in [0.29, 0.717) is 10.7 Å². The molecule has 0 atom stereocenters. The van der Waals surface area contributed by atoms with E-state index in [1.807, 2.05) is 19.1 Å². The normalized spacial score (nSPS) is 10.6. The van der Waals surface area contributed by atoms with Crippen molar-refractivity contribution in [1.29, 1.82) is 0 Å². The van der Waals surface area contributed by atoms with Gasteiger partial charge in [0, 0.05) is 21.7 Å². The molecule has 2 N–H and O–H groups in total. The lowest BCUT2D eigenvalue weighted by molar-refractivity contribution is 1.18. The Kier molecular flexibility index (Phi) is 3.74. The number of thiazole rings is 1. The molecular formula is C11H11ClN2S2. The zero-order valence-electron chi connectivity index (χ0n) is 8.74. The van der Waals surface area contributed by atoms with Gasteiger partial charge in [0.25, 0.3) is 0 Å². The highest BCUT2D eigenvalue weighted by atomic mass is 35.5. The SMILES string of the molecule is Cc1nc(CSc2ccc(N)cc2Cl)cs1. The number of rotatable bonds is 3. The van der Waals surface area contributed by atoms with Crippen LogP contribution in [0.15, 0.2) is 28.5 Å². The molecule has 0 radical (unpaired) electrons. The first kappa shape index (κ1) is 11.8. The monoisotopic (exact) mass is 270 g/mol. The molecule has 0 aliphatic heterocycles. The van der Waals surface area contributed by atoms with Crippen LogP contribution in [0, 0.1) is 6.92 Å². The number of hydrogen-bond acceptors (Lipinski definition) is 4. The van der Waals surface area contributed by atoms with Crippen LogP contribution in [0.25, 0.3) is 0 Å². The number of benzene rings is 1. The average Bonchev–Trinajstić information content (AvgIpc) is 2.63. The Bertz CT molecular complexity index is 496. The molecule has 1 aromatic heterocycles. The highest BCUT2D eigenvalue weighted by Crippen LogP contribution is 2.31. The molecule has 84 valence electrons. The summed E-state index contributed by atoms with van der Waals surface area (Å²) in [5.41, 5.74) is 7.42. The van der Waals surface area contributed by atoms with E-state index in [4.69, 9.17) is 17.3 Å². The lowest BCUT2D eigenvalue weighted by Gasteiger charge is -2.03. The Labute approximate surface area is 108 Å². The quantitative estimate of drug-likeness (QED) is 0.677. The molecule has 2 aromatic rings. The van der Waals surface area contributed by atoms with E-state index in [1.165, 1.54) is 0 Å². The van der Waals surface area contributed by atoms with Gasteiger partial charge in [0.05, 0.1) is 15.7 Å². The zero-order valence-corrected chi connectivity index (χ0v) is 11.1. The van der Waals surface area contributed by atoms with Crippen molar-refractivity contribution in [2.24, 2.45) is 0 Å². The Morgan fingerprint density at radius 3 is 2.94 bits per heavy atom. The third kappa shape index (κ3) is 2.90. The van der Waals surface area contributed by atoms with Gasteiger partial charge >= 0.3 is 0 Å². The van der Waals surface area contributed by atoms with E-state index < -0.39 is 0 Å². The molecule has 0 fully saturated rings. The fourth-order valence-corrected chi connectivity index (χ4v) is 3.14. The van der Waals surface area contributed by atoms with Crippen molar-refractivity contribution in [2.75, 3.05) is 5.73 Å². The van der Waals surface area contributed by atoms with E-state index in [9.17, 15) is 0 Å². The molecule has 16 heavy (non-hydrogen) atoms. The van der Waals surface area contributed by atoms with E-state index in [0.717, 1.165) is 21.3 Å². The van der Waals surface area contributed by atoms with Gasteiger partial charge in [0.1, 0.15) is 0 Å². The topological polar surface area (TPSA) is 38.9 Å². The molecule has 2 nitrogen and oxygen atoms in total. The second kappa shape index (κ2) is 5.08. The zero-order chi connectivity index (χ0) is 11.5. The maximum absolute atomic E-state index is 6.08. The van der Waals surface area contributed by atoms with Gasteiger partial charge in [0.2, 0.25) is 0 Å². The average molecular weight is 271 g/mol. The Morgan fingerprint density at radius 2 is 2.31 bits per heavy atom. The van der Waals surface area contributed by atoms with Crippen LogP contribution in [0.3, 0.4) is 0 Å². The largest absolute Gasteiger partial charge is 0.399 e. The molecule has 0 saturated carbocycles. The van der Waals surface area contributed by atoms with Gasteiger partial charge in [-0.3, -0.25) is 0 Å². The van der Waals surface area contributed by atoms with E-state index >= 15 is 0 Å². The molecule has 1 heterocycles. The van der Waals surface area contributed by atoms with Gasteiger partial charge < -0.3 is 5.73 Å². The van der Waals surface area contributed by atoms with Crippen LogP contribution in [0.1, 0.15) is 10.7 Å². The maximum atomic E-state index is 6.08. The summed E-state index contributed by atoms with van der Waals surface area (Å²) in [6.45, 7) is 2.01. The van der Waals surface area contributed by atoms with Gasteiger partial charge in [-0.15, -0.1) is 23.1 Å². The predicted molar refractivity (Wildman–Crippen MR) is 72.3 cm³/mol. The van der Waals surface area contributed by atoms with Crippen LogP contribution < -0.4 is 5.73 Å². The van der Waals surface area contributed by atoms with Crippen LogP contribution in [0.4, 0.5) is 5.69 Å². The first-order valence-corrected chi connectivity index (χ1v) is 6.98. The molecule has 0 saturated heterocycles. The first-order valence-electron chi connectivity index (χ1n) is 4.74. The summed E-state index contributed by atoms with van der Waals surface area (Å²) in [7, 11) is 0. The second-order valence-corrected chi connectivity index (χ2v) is 5.82. The van der Waals surface area contributed by atoms with E-state index in [2.05, 4.69) is 10.4 Å². The number of hydrogen-bond donors (Lipinski definition) is 1. The third-order valence-electron chi connectivity index (χ3n) is 2.00. The summed E-state index contributed by atoms with van der Waals surface area (Å²) >= 11 is 9.43. The highest BCUT2D eigenvalue weighted by Gasteiger charge is 2.04. The number of thioether (sulfide) groups is 1. The number of aryl methyl sites for hydroxylation is 1.